The van der Waals surface area contributed by atoms with E-state index in [0.29, 0.717) is 13.0 Å². The molecule has 1 aliphatic rings. The molecule has 18 heavy (non-hydrogen) atoms. The summed E-state index contributed by atoms with van der Waals surface area (Å²) in [7, 11) is -3.89. The fourth-order valence-corrected chi connectivity index (χ4v) is 2.80. The molecule has 0 unspecified atom stereocenters. The van der Waals surface area contributed by atoms with Crippen molar-refractivity contribution in [1.29, 1.82) is 0 Å². The van der Waals surface area contributed by atoms with E-state index in [-0.39, 0.29) is 11.5 Å². The van der Waals surface area contributed by atoms with Crippen molar-refractivity contribution < 1.29 is 18.1 Å². The quantitative estimate of drug-likeness (QED) is 0.810. The van der Waals surface area contributed by atoms with Crippen molar-refractivity contribution in [2.45, 2.75) is 19.3 Å². The highest BCUT2D eigenvalue weighted by atomic mass is 32.2. The third-order valence-corrected chi connectivity index (χ3v) is 3.92. The van der Waals surface area contributed by atoms with E-state index >= 15 is 0 Å². The van der Waals surface area contributed by atoms with Gasteiger partial charge >= 0.3 is 0 Å². The van der Waals surface area contributed by atoms with Crippen LogP contribution in [0.4, 0.5) is 5.69 Å². The fourth-order valence-electron chi connectivity index (χ4n) is 2.31. The average Bonchev–Trinajstić information content (AvgIpc) is 2.28. The van der Waals surface area contributed by atoms with E-state index in [4.69, 9.17) is 4.55 Å². The molecule has 1 aromatic carbocycles. The molecule has 0 aromatic heterocycles. The van der Waals surface area contributed by atoms with Crippen molar-refractivity contribution in [3.63, 3.8) is 0 Å². The lowest BCUT2D eigenvalue weighted by Gasteiger charge is -2.31. The lowest BCUT2D eigenvalue weighted by molar-refractivity contribution is 0.473. The summed E-state index contributed by atoms with van der Waals surface area (Å²) in [6.45, 7) is 1.41. The minimum atomic E-state index is -3.89. The highest BCUT2D eigenvalue weighted by Gasteiger charge is 2.17. The first kappa shape index (κ1) is 13.2. The zero-order chi connectivity index (χ0) is 13.2. The Hall–Kier alpha value is -1.27. The third-order valence-electron chi connectivity index (χ3n) is 3.11. The second-order valence-corrected chi connectivity index (χ2v) is 6.12. The number of fused-ring (bicyclic) bond motifs is 1. The number of anilines is 1. The number of phenols is 1. The number of aryl methyl sites for hydroxylation is 1. The number of hydrogen-bond donors (Lipinski definition) is 2. The van der Waals surface area contributed by atoms with Gasteiger partial charge in [0.2, 0.25) is 0 Å². The van der Waals surface area contributed by atoms with Crippen molar-refractivity contribution in [1.82, 2.24) is 0 Å². The molecule has 0 saturated heterocycles. The minimum Gasteiger partial charge on any atom is -0.508 e. The van der Waals surface area contributed by atoms with Crippen LogP contribution in [0, 0.1) is 0 Å². The van der Waals surface area contributed by atoms with E-state index in [1.165, 1.54) is 5.56 Å². The molecule has 0 atom stereocenters. The van der Waals surface area contributed by atoms with E-state index in [9.17, 15) is 13.5 Å². The summed E-state index contributed by atoms with van der Waals surface area (Å²) in [6.07, 6.45) is 2.38. The molecule has 0 spiro atoms. The van der Waals surface area contributed by atoms with Gasteiger partial charge in [0.25, 0.3) is 10.1 Å². The molecule has 100 valence electrons. The molecular weight excluding hydrogens is 254 g/mol. The molecule has 6 heteroatoms. The van der Waals surface area contributed by atoms with Gasteiger partial charge in [-0.25, -0.2) is 0 Å². The fraction of sp³-hybridized carbons (Fsp3) is 0.500. The zero-order valence-corrected chi connectivity index (χ0v) is 10.9. The van der Waals surface area contributed by atoms with Crippen LogP contribution in [-0.2, 0) is 16.5 Å². The molecule has 1 heterocycles. The van der Waals surface area contributed by atoms with Crippen molar-refractivity contribution in [3.05, 3.63) is 23.8 Å². The van der Waals surface area contributed by atoms with Gasteiger partial charge in [0.1, 0.15) is 5.75 Å². The average molecular weight is 271 g/mol. The molecule has 1 aliphatic heterocycles. The number of aromatic hydroxyl groups is 1. The van der Waals surface area contributed by atoms with E-state index in [0.717, 1.165) is 25.1 Å². The molecule has 1 aromatic rings. The van der Waals surface area contributed by atoms with Crippen LogP contribution in [0.3, 0.4) is 0 Å². The SMILES string of the molecule is O=S(=O)(O)CCCN1CCCc2ccc(O)cc21. The summed E-state index contributed by atoms with van der Waals surface area (Å²) in [5, 5.41) is 9.50. The predicted molar refractivity (Wildman–Crippen MR) is 69.7 cm³/mol. The molecule has 2 N–H and O–H groups in total. The summed E-state index contributed by atoms with van der Waals surface area (Å²) in [5.74, 6) is -0.00656. The summed E-state index contributed by atoms with van der Waals surface area (Å²) in [6, 6.07) is 5.28. The molecule has 0 saturated carbocycles. The van der Waals surface area contributed by atoms with Gasteiger partial charge in [0.05, 0.1) is 5.75 Å². The summed E-state index contributed by atoms with van der Waals surface area (Å²) >= 11 is 0. The number of rotatable bonds is 4. The van der Waals surface area contributed by atoms with Gasteiger partial charge in [-0.3, -0.25) is 4.55 Å². The van der Waals surface area contributed by atoms with Gasteiger partial charge in [0.15, 0.2) is 0 Å². The van der Waals surface area contributed by atoms with Crippen molar-refractivity contribution in [3.8, 4) is 5.75 Å². The van der Waals surface area contributed by atoms with Crippen LogP contribution in [0.5, 0.6) is 5.75 Å². The second-order valence-electron chi connectivity index (χ2n) is 4.54. The Kier molecular flexibility index (Phi) is 3.77. The maximum absolute atomic E-state index is 10.7. The van der Waals surface area contributed by atoms with Crippen molar-refractivity contribution >= 4 is 15.8 Å². The van der Waals surface area contributed by atoms with Gasteiger partial charge in [-0.1, -0.05) is 6.07 Å². The van der Waals surface area contributed by atoms with Crippen LogP contribution in [-0.4, -0.2) is 36.9 Å². The lowest BCUT2D eigenvalue weighted by atomic mass is 10.0. The topological polar surface area (TPSA) is 77.8 Å². The Labute approximate surface area is 107 Å². The van der Waals surface area contributed by atoms with Crippen LogP contribution in [0.15, 0.2) is 18.2 Å². The molecular formula is C12H17NO4S. The van der Waals surface area contributed by atoms with Gasteiger partial charge < -0.3 is 10.0 Å². The third kappa shape index (κ3) is 3.36. The van der Waals surface area contributed by atoms with Crippen LogP contribution in [0.1, 0.15) is 18.4 Å². The highest BCUT2D eigenvalue weighted by Crippen LogP contribution is 2.30. The summed E-state index contributed by atoms with van der Waals surface area (Å²) in [5.41, 5.74) is 2.14. The van der Waals surface area contributed by atoms with Gasteiger partial charge in [-0.15, -0.1) is 0 Å². The molecule has 0 fully saturated rings. The number of phenolic OH excluding ortho intramolecular Hbond substituents is 1. The first-order chi connectivity index (χ1) is 8.46. The number of benzene rings is 1. The number of hydrogen-bond acceptors (Lipinski definition) is 4. The van der Waals surface area contributed by atoms with Crippen LogP contribution in [0.2, 0.25) is 0 Å². The van der Waals surface area contributed by atoms with E-state index in [1.54, 1.807) is 12.1 Å². The second kappa shape index (κ2) is 5.16. The standard InChI is InChI=1S/C12H17NO4S/c14-11-5-4-10-3-1-6-13(12(10)9-11)7-2-8-18(15,16)17/h4-5,9,14H,1-3,6-8H2,(H,15,16,17). The maximum atomic E-state index is 10.7. The zero-order valence-electron chi connectivity index (χ0n) is 10.0. The van der Waals surface area contributed by atoms with E-state index < -0.39 is 10.1 Å². The monoisotopic (exact) mass is 271 g/mol. The van der Waals surface area contributed by atoms with Crippen LogP contribution in [0.25, 0.3) is 0 Å². The maximum Gasteiger partial charge on any atom is 0.264 e. The predicted octanol–water partition coefficient (Wildman–Crippen LogP) is 1.42. The lowest BCUT2D eigenvalue weighted by Crippen LogP contribution is -2.31. The first-order valence-corrected chi connectivity index (χ1v) is 7.59. The molecule has 0 aliphatic carbocycles. The number of nitrogens with zero attached hydrogens (tertiary/aromatic N) is 1. The summed E-state index contributed by atoms with van der Waals surface area (Å²) in [4.78, 5) is 2.06. The normalized spacial score (nSPS) is 15.5. The molecule has 0 amide bonds. The largest absolute Gasteiger partial charge is 0.508 e. The van der Waals surface area contributed by atoms with Crippen LogP contribution < -0.4 is 4.90 Å². The molecule has 5 nitrogen and oxygen atoms in total. The van der Waals surface area contributed by atoms with E-state index in [2.05, 4.69) is 4.90 Å². The molecule has 2 rings (SSSR count). The minimum absolute atomic E-state index is 0.218. The van der Waals surface area contributed by atoms with Crippen molar-refractivity contribution in [2.75, 3.05) is 23.7 Å². The Morgan fingerprint density at radius 1 is 1.33 bits per heavy atom. The summed E-state index contributed by atoms with van der Waals surface area (Å²) < 4.78 is 30.0. The smallest absolute Gasteiger partial charge is 0.264 e. The van der Waals surface area contributed by atoms with Gasteiger partial charge in [0, 0.05) is 24.8 Å². The Morgan fingerprint density at radius 2 is 2.11 bits per heavy atom. The van der Waals surface area contributed by atoms with Gasteiger partial charge in [-0.2, -0.15) is 8.42 Å². The molecule has 0 radical (unpaired) electrons. The Morgan fingerprint density at radius 3 is 2.83 bits per heavy atom. The van der Waals surface area contributed by atoms with E-state index in [1.807, 2.05) is 6.07 Å². The highest BCUT2D eigenvalue weighted by molar-refractivity contribution is 7.85. The Bertz CT molecular complexity index is 527. The van der Waals surface area contributed by atoms with Crippen molar-refractivity contribution in [2.24, 2.45) is 0 Å². The molecule has 0 bridgehead atoms. The van der Waals surface area contributed by atoms with Gasteiger partial charge in [-0.05, 0) is 30.9 Å². The van der Waals surface area contributed by atoms with Crippen LogP contribution >= 0.6 is 0 Å². The first-order valence-electron chi connectivity index (χ1n) is 5.98. The Balaban J connectivity index is 2.05.